The van der Waals surface area contributed by atoms with Crippen LogP contribution in [0.5, 0.6) is 0 Å². The zero-order valence-electron chi connectivity index (χ0n) is 23.0. The van der Waals surface area contributed by atoms with Crippen LogP contribution in [0, 0.1) is 0 Å². The minimum absolute atomic E-state index is 0.00524. The molecule has 2 heterocycles. The first-order valence-electron chi connectivity index (χ1n) is 13.3. The molecule has 3 aromatic rings. The number of carbonyl (C=O) groups excluding carboxylic acids is 2. The van der Waals surface area contributed by atoms with Crippen LogP contribution in [0.3, 0.4) is 0 Å². The predicted molar refractivity (Wildman–Crippen MR) is 149 cm³/mol. The lowest BCUT2D eigenvalue weighted by molar-refractivity contribution is -0.137. The van der Waals surface area contributed by atoms with E-state index in [1.165, 1.54) is 27.5 Å². The van der Waals surface area contributed by atoms with E-state index in [2.05, 4.69) is 51.1 Å². The molecular formula is C31H35F3N2O2S. The summed E-state index contributed by atoms with van der Waals surface area (Å²) in [6.45, 7) is 10.5. The minimum atomic E-state index is -4.56. The van der Waals surface area contributed by atoms with Crippen molar-refractivity contribution >= 4 is 23.2 Å². The normalized spacial score (nSPS) is 16.5. The Balaban J connectivity index is 1.65. The Bertz CT molecular complexity index is 1320. The van der Waals surface area contributed by atoms with Crippen molar-refractivity contribution in [3.8, 4) is 0 Å². The largest absolute Gasteiger partial charge is 0.416 e. The fourth-order valence-corrected chi connectivity index (χ4v) is 5.89. The summed E-state index contributed by atoms with van der Waals surface area (Å²) in [5, 5.41) is 2.04. The molecule has 0 saturated heterocycles. The number of alkyl halides is 3. The van der Waals surface area contributed by atoms with Crippen molar-refractivity contribution in [3.05, 3.63) is 92.7 Å². The number of amides is 2. The third-order valence-electron chi connectivity index (χ3n) is 7.50. The second-order valence-electron chi connectivity index (χ2n) is 11.2. The third kappa shape index (κ3) is 6.21. The molecule has 1 aliphatic heterocycles. The van der Waals surface area contributed by atoms with E-state index in [-0.39, 0.29) is 35.5 Å². The molecule has 0 radical (unpaired) electrons. The molecule has 2 aromatic carbocycles. The molecule has 0 unspecified atom stereocenters. The van der Waals surface area contributed by atoms with Crippen LogP contribution in [-0.2, 0) is 22.8 Å². The van der Waals surface area contributed by atoms with E-state index in [1.807, 2.05) is 24.1 Å². The van der Waals surface area contributed by atoms with Crippen LogP contribution in [0.2, 0.25) is 0 Å². The second-order valence-corrected chi connectivity index (χ2v) is 12.2. The predicted octanol–water partition coefficient (Wildman–Crippen LogP) is 7.48. The summed E-state index contributed by atoms with van der Waals surface area (Å²) < 4.78 is 39.9. The molecule has 1 aromatic heterocycles. The Morgan fingerprint density at radius 1 is 1.05 bits per heavy atom. The molecule has 2 amide bonds. The molecule has 0 bridgehead atoms. The van der Waals surface area contributed by atoms with Crippen LogP contribution in [0.4, 0.5) is 13.2 Å². The van der Waals surface area contributed by atoms with E-state index in [4.69, 9.17) is 0 Å². The molecule has 1 aliphatic rings. The van der Waals surface area contributed by atoms with Crippen LogP contribution in [0.1, 0.15) is 84.6 Å². The highest BCUT2D eigenvalue weighted by Crippen LogP contribution is 2.39. The van der Waals surface area contributed by atoms with Gasteiger partial charge in [0.2, 0.25) is 5.91 Å². The van der Waals surface area contributed by atoms with Crippen molar-refractivity contribution in [1.82, 2.24) is 9.80 Å². The fraction of sp³-hybridized carbons (Fsp3) is 0.419. The van der Waals surface area contributed by atoms with Crippen molar-refractivity contribution in [2.24, 2.45) is 0 Å². The standard InChI is InChI=1S/C31H35F3N2O2S/c1-6-20(2)36(29(38)22-8-7-9-24(18-22)31(32,33)34)19-27(37)35-16-14-26-25(15-17-39-26)28(35)21-10-12-23(13-11-21)30(3,4)5/h7-13,15,17-18,20,28H,6,14,16,19H2,1-5H3/t20-,28-/m0/s1. The van der Waals surface area contributed by atoms with Crippen LogP contribution in [0.25, 0.3) is 0 Å². The van der Waals surface area contributed by atoms with Crippen LogP contribution >= 0.6 is 11.3 Å². The van der Waals surface area contributed by atoms with E-state index in [0.717, 1.165) is 29.7 Å². The molecule has 4 rings (SSSR count). The monoisotopic (exact) mass is 556 g/mol. The Morgan fingerprint density at radius 2 is 1.74 bits per heavy atom. The van der Waals surface area contributed by atoms with Gasteiger partial charge in [-0.05, 0) is 71.5 Å². The van der Waals surface area contributed by atoms with Gasteiger partial charge in [0.15, 0.2) is 0 Å². The van der Waals surface area contributed by atoms with E-state index in [0.29, 0.717) is 13.0 Å². The maximum atomic E-state index is 13.9. The lowest BCUT2D eigenvalue weighted by Crippen LogP contribution is -2.49. The van der Waals surface area contributed by atoms with Crippen molar-refractivity contribution in [1.29, 1.82) is 0 Å². The van der Waals surface area contributed by atoms with Gasteiger partial charge in [0.25, 0.3) is 5.91 Å². The number of halogens is 3. The number of hydrogen-bond acceptors (Lipinski definition) is 3. The summed E-state index contributed by atoms with van der Waals surface area (Å²) in [4.78, 5) is 31.8. The van der Waals surface area contributed by atoms with Crippen LogP contribution in [0.15, 0.2) is 60.0 Å². The number of hydrogen-bond donors (Lipinski definition) is 0. The molecule has 39 heavy (non-hydrogen) atoms. The van der Waals surface area contributed by atoms with Gasteiger partial charge >= 0.3 is 6.18 Å². The first-order valence-corrected chi connectivity index (χ1v) is 14.1. The molecule has 0 N–H and O–H groups in total. The summed E-state index contributed by atoms with van der Waals surface area (Å²) in [5.74, 6) is -0.805. The Morgan fingerprint density at radius 3 is 2.36 bits per heavy atom. The van der Waals surface area contributed by atoms with E-state index >= 15 is 0 Å². The SMILES string of the molecule is CC[C@H](C)N(CC(=O)N1CCc2sccc2[C@@H]1c1ccc(C(C)(C)C)cc1)C(=O)c1cccc(C(F)(F)F)c1. The lowest BCUT2D eigenvalue weighted by atomic mass is 9.85. The molecule has 0 fully saturated rings. The number of carbonyl (C=O) groups is 2. The van der Waals surface area contributed by atoms with Gasteiger partial charge in [-0.25, -0.2) is 0 Å². The van der Waals surface area contributed by atoms with Gasteiger partial charge in [-0.15, -0.1) is 11.3 Å². The minimum Gasteiger partial charge on any atom is -0.330 e. The average Bonchev–Trinajstić information content (AvgIpc) is 3.38. The lowest BCUT2D eigenvalue weighted by Gasteiger charge is -2.38. The summed E-state index contributed by atoms with van der Waals surface area (Å²) >= 11 is 1.68. The maximum Gasteiger partial charge on any atom is 0.416 e. The molecule has 0 aliphatic carbocycles. The second kappa shape index (κ2) is 11.2. The Kier molecular flexibility index (Phi) is 8.26. The number of fused-ring (bicyclic) bond motifs is 1. The highest BCUT2D eigenvalue weighted by atomic mass is 32.1. The van der Waals surface area contributed by atoms with Gasteiger partial charge < -0.3 is 9.80 Å². The first kappa shape index (κ1) is 28.9. The van der Waals surface area contributed by atoms with Gasteiger partial charge in [0.1, 0.15) is 6.54 Å². The van der Waals surface area contributed by atoms with Gasteiger partial charge in [0, 0.05) is 23.0 Å². The summed E-state index contributed by atoms with van der Waals surface area (Å²) in [6, 6.07) is 14.2. The molecule has 8 heteroatoms. The molecule has 0 spiro atoms. The summed E-state index contributed by atoms with van der Waals surface area (Å²) in [6.07, 6.45) is -3.28. The van der Waals surface area contributed by atoms with Crippen molar-refractivity contribution in [2.75, 3.05) is 13.1 Å². The fourth-order valence-electron chi connectivity index (χ4n) is 4.99. The highest BCUT2D eigenvalue weighted by molar-refractivity contribution is 7.10. The Hall–Kier alpha value is -3.13. The molecule has 2 atom stereocenters. The van der Waals surface area contributed by atoms with Crippen LogP contribution in [-0.4, -0.2) is 40.7 Å². The molecule has 208 valence electrons. The maximum absolute atomic E-state index is 13.9. The highest BCUT2D eigenvalue weighted by Gasteiger charge is 2.36. The number of nitrogens with zero attached hydrogens (tertiary/aromatic N) is 2. The van der Waals surface area contributed by atoms with Crippen molar-refractivity contribution in [2.45, 2.75) is 71.1 Å². The quantitative estimate of drug-likeness (QED) is 0.316. The molecule has 4 nitrogen and oxygen atoms in total. The summed E-state index contributed by atoms with van der Waals surface area (Å²) in [5.41, 5.74) is 2.31. The van der Waals surface area contributed by atoms with Gasteiger partial charge in [-0.2, -0.15) is 13.2 Å². The van der Waals surface area contributed by atoms with Crippen LogP contribution < -0.4 is 0 Å². The zero-order chi connectivity index (χ0) is 28.5. The van der Waals surface area contributed by atoms with E-state index in [9.17, 15) is 22.8 Å². The van der Waals surface area contributed by atoms with Gasteiger partial charge in [-0.1, -0.05) is 58.0 Å². The van der Waals surface area contributed by atoms with E-state index in [1.54, 1.807) is 11.3 Å². The Labute approximate surface area is 232 Å². The number of benzene rings is 2. The smallest absolute Gasteiger partial charge is 0.330 e. The first-order chi connectivity index (χ1) is 18.3. The average molecular weight is 557 g/mol. The summed E-state index contributed by atoms with van der Waals surface area (Å²) in [7, 11) is 0. The number of rotatable bonds is 6. The topological polar surface area (TPSA) is 40.6 Å². The molecular weight excluding hydrogens is 521 g/mol. The zero-order valence-corrected chi connectivity index (χ0v) is 23.8. The van der Waals surface area contributed by atoms with Crippen molar-refractivity contribution < 1.29 is 22.8 Å². The van der Waals surface area contributed by atoms with Gasteiger partial charge in [-0.3, -0.25) is 9.59 Å². The molecule has 0 saturated carbocycles. The third-order valence-corrected chi connectivity index (χ3v) is 8.50. The van der Waals surface area contributed by atoms with Crippen molar-refractivity contribution in [3.63, 3.8) is 0 Å². The van der Waals surface area contributed by atoms with E-state index < -0.39 is 17.6 Å². The number of thiophene rings is 1. The van der Waals surface area contributed by atoms with Gasteiger partial charge in [0.05, 0.1) is 11.6 Å².